The Kier molecular flexibility index (Phi) is 1.55. The summed E-state index contributed by atoms with van der Waals surface area (Å²) in [7, 11) is 0. The molecule has 0 saturated heterocycles. The van der Waals surface area contributed by atoms with Gasteiger partial charge < -0.3 is 4.98 Å². The van der Waals surface area contributed by atoms with E-state index in [4.69, 9.17) is 11.6 Å². The second-order valence-corrected chi connectivity index (χ2v) is 1.84. The third-order valence-corrected chi connectivity index (χ3v) is 0.956. The minimum absolute atomic E-state index is 0.269. The van der Waals surface area contributed by atoms with Crippen molar-refractivity contribution >= 4 is 23.8 Å². The quantitative estimate of drug-likeness (QED) is 0.561. The van der Waals surface area contributed by atoms with E-state index in [0.29, 0.717) is 4.77 Å². The van der Waals surface area contributed by atoms with E-state index in [1.807, 2.05) is 0 Å². The first-order valence-corrected chi connectivity index (χ1v) is 2.64. The Bertz CT molecular complexity index is 232. The molecule has 5 heteroatoms. The van der Waals surface area contributed by atoms with Crippen molar-refractivity contribution in [2.45, 2.75) is 0 Å². The molecule has 0 aliphatic carbocycles. The van der Waals surface area contributed by atoms with Crippen molar-refractivity contribution in [3.63, 3.8) is 0 Å². The molecule has 0 aliphatic heterocycles. The van der Waals surface area contributed by atoms with Gasteiger partial charge in [-0.3, -0.25) is 0 Å². The van der Waals surface area contributed by atoms with Gasteiger partial charge in [-0.15, -0.1) is 0 Å². The second-order valence-electron chi connectivity index (χ2n) is 1.09. The molecule has 0 spiro atoms. The summed E-state index contributed by atoms with van der Waals surface area (Å²) < 4.78 is 0.352. The van der Waals surface area contributed by atoms with Crippen LogP contribution in [-0.2, 0) is 0 Å². The predicted molar refractivity (Wildman–Crippen MR) is 32.2 cm³/mol. The molecule has 0 fully saturated rings. The van der Waals surface area contributed by atoms with Gasteiger partial charge in [0.15, 0.2) is 0 Å². The summed E-state index contributed by atoms with van der Waals surface area (Å²) in [5.41, 5.74) is 0. The first-order chi connectivity index (χ1) is 3.79. The second kappa shape index (κ2) is 2.19. The van der Waals surface area contributed by atoms with E-state index in [0.717, 1.165) is 0 Å². The fourth-order valence-electron chi connectivity index (χ4n) is 0.285. The van der Waals surface area contributed by atoms with E-state index < -0.39 is 0 Å². The molecule has 0 saturated carbocycles. The lowest BCUT2D eigenvalue weighted by atomic mass is 11.1. The largest absolute Gasteiger partial charge is 0.306 e. The van der Waals surface area contributed by atoms with Crippen molar-refractivity contribution in [1.82, 2.24) is 15.0 Å². The van der Waals surface area contributed by atoms with Crippen molar-refractivity contribution in [3.05, 3.63) is 16.4 Å². The zero-order valence-electron chi connectivity index (χ0n) is 3.76. The molecule has 0 aliphatic rings. The first-order valence-electron chi connectivity index (χ1n) is 1.86. The molecular formula is C3H2ClN3S. The number of nitrogens with zero attached hydrogens (tertiary/aromatic N) is 2. The Morgan fingerprint density at radius 3 is 2.75 bits per heavy atom. The van der Waals surface area contributed by atoms with Crippen LogP contribution in [0.3, 0.4) is 0 Å². The number of hydrogen-bond donors (Lipinski definition) is 1. The Labute approximate surface area is 55.8 Å². The fraction of sp³-hybridized carbons (Fsp3) is 0. The van der Waals surface area contributed by atoms with Crippen molar-refractivity contribution < 1.29 is 0 Å². The Balaban J connectivity index is 3.28. The van der Waals surface area contributed by atoms with Crippen LogP contribution in [0.15, 0.2) is 6.33 Å². The lowest BCUT2D eigenvalue weighted by molar-refractivity contribution is 1.02. The average Bonchev–Trinajstić information content (AvgIpc) is 1.64. The Morgan fingerprint density at radius 1 is 1.62 bits per heavy atom. The summed E-state index contributed by atoms with van der Waals surface area (Å²) in [5, 5.41) is 0.269. The Hall–Kier alpha value is -0.480. The molecule has 0 radical (unpaired) electrons. The summed E-state index contributed by atoms with van der Waals surface area (Å²) in [6, 6.07) is 0. The molecule has 1 rings (SSSR count). The van der Waals surface area contributed by atoms with Gasteiger partial charge in [0.25, 0.3) is 0 Å². The SMILES string of the molecule is S=c1ncnc(Cl)[nH]1. The molecule has 0 unspecified atom stereocenters. The highest BCUT2D eigenvalue weighted by molar-refractivity contribution is 7.71. The van der Waals surface area contributed by atoms with Gasteiger partial charge in [0, 0.05) is 0 Å². The number of H-pyrrole nitrogens is 1. The van der Waals surface area contributed by atoms with Crippen LogP contribution in [-0.4, -0.2) is 15.0 Å². The molecule has 0 bridgehead atoms. The Morgan fingerprint density at radius 2 is 2.38 bits per heavy atom. The van der Waals surface area contributed by atoms with Crippen LogP contribution in [0.1, 0.15) is 0 Å². The minimum Gasteiger partial charge on any atom is -0.306 e. The van der Waals surface area contributed by atoms with Gasteiger partial charge in [-0.25, -0.2) is 9.97 Å². The molecule has 1 N–H and O–H groups in total. The van der Waals surface area contributed by atoms with Gasteiger partial charge >= 0.3 is 0 Å². The molecule has 0 atom stereocenters. The molecule has 42 valence electrons. The smallest absolute Gasteiger partial charge is 0.203 e. The van der Waals surface area contributed by atoms with Crippen LogP contribution >= 0.6 is 23.8 Å². The average molecular weight is 148 g/mol. The summed E-state index contributed by atoms with van der Waals surface area (Å²) in [6.45, 7) is 0. The van der Waals surface area contributed by atoms with E-state index in [1.165, 1.54) is 6.33 Å². The zero-order valence-corrected chi connectivity index (χ0v) is 5.33. The van der Waals surface area contributed by atoms with Crippen LogP contribution in [0.4, 0.5) is 0 Å². The third-order valence-electron chi connectivity index (χ3n) is 0.556. The monoisotopic (exact) mass is 147 g/mol. The summed E-state index contributed by atoms with van der Waals surface area (Å²) in [5.74, 6) is 0. The van der Waals surface area contributed by atoms with Crippen LogP contribution in [0, 0.1) is 4.77 Å². The highest BCUT2D eigenvalue weighted by Crippen LogP contribution is 1.92. The van der Waals surface area contributed by atoms with E-state index in [2.05, 4.69) is 27.2 Å². The van der Waals surface area contributed by atoms with Gasteiger partial charge in [0.05, 0.1) is 0 Å². The van der Waals surface area contributed by atoms with Crippen LogP contribution in [0.5, 0.6) is 0 Å². The highest BCUT2D eigenvalue weighted by Gasteiger charge is 1.81. The molecule has 0 amide bonds. The molecule has 0 aromatic carbocycles. The van der Waals surface area contributed by atoms with Gasteiger partial charge in [-0.1, -0.05) is 0 Å². The van der Waals surface area contributed by atoms with E-state index in [1.54, 1.807) is 0 Å². The maximum atomic E-state index is 5.37. The van der Waals surface area contributed by atoms with Crippen molar-refractivity contribution in [2.24, 2.45) is 0 Å². The fourth-order valence-corrected chi connectivity index (χ4v) is 0.618. The van der Waals surface area contributed by atoms with Crippen molar-refractivity contribution in [3.8, 4) is 0 Å². The zero-order chi connectivity index (χ0) is 5.98. The number of aromatic nitrogens is 3. The van der Waals surface area contributed by atoms with Gasteiger partial charge in [-0.2, -0.15) is 0 Å². The van der Waals surface area contributed by atoms with Crippen molar-refractivity contribution in [1.29, 1.82) is 0 Å². The number of aromatic amines is 1. The minimum atomic E-state index is 0.269. The molecular weight excluding hydrogens is 146 g/mol. The first kappa shape index (κ1) is 5.65. The summed E-state index contributed by atoms with van der Waals surface area (Å²) >= 11 is 9.98. The van der Waals surface area contributed by atoms with Crippen LogP contribution in [0.25, 0.3) is 0 Å². The van der Waals surface area contributed by atoms with Gasteiger partial charge in [0.2, 0.25) is 10.1 Å². The predicted octanol–water partition coefficient (Wildman–Crippen LogP) is 1.19. The van der Waals surface area contributed by atoms with E-state index >= 15 is 0 Å². The van der Waals surface area contributed by atoms with E-state index in [9.17, 15) is 0 Å². The number of hydrogen-bond acceptors (Lipinski definition) is 3. The standard InChI is InChI=1S/C3H2ClN3S/c4-2-5-1-6-3(8)7-2/h1H,(H,5,6,7,8). The maximum Gasteiger partial charge on any atom is 0.203 e. The van der Waals surface area contributed by atoms with E-state index in [-0.39, 0.29) is 5.28 Å². The van der Waals surface area contributed by atoms with Crippen LogP contribution in [0.2, 0.25) is 5.28 Å². The topological polar surface area (TPSA) is 41.6 Å². The van der Waals surface area contributed by atoms with Crippen LogP contribution < -0.4 is 0 Å². The molecule has 8 heavy (non-hydrogen) atoms. The maximum absolute atomic E-state index is 5.37. The van der Waals surface area contributed by atoms with Gasteiger partial charge in [-0.05, 0) is 23.8 Å². The summed E-state index contributed by atoms with van der Waals surface area (Å²) in [4.78, 5) is 9.70. The summed E-state index contributed by atoms with van der Waals surface area (Å²) in [6.07, 6.45) is 1.31. The molecule has 1 heterocycles. The third kappa shape index (κ3) is 1.24. The highest BCUT2D eigenvalue weighted by atomic mass is 35.5. The van der Waals surface area contributed by atoms with Crippen molar-refractivity contribution in [2.75, 3.05) is 0 Å². The normalized spacial score (nSPS) is 9.12. The lowest BCUT2D eigenvalue weighted by Crippen LogP contribution is -1.83. The number of halogens is 1. The molecule has 1 aromatic rings. The lowest BCUT2D eigenvalue weighted by Gasteiger charge is -1.82. The molecule has 1 aromatic heterocycles. The number of nitrogens with one attached hydrogen (secondary N) is 1. The molecule has 3 nitrogen and oxygen atoms in total. The number of rotatable bonds is 0. The van der Waals surface area contributed by atoms with Gasteiger partial charge in [0.1, 0.15) is 6.33 Å².